The SMILES string of the molecule is [CH2-]CCCCCCCCCCCCC(C)OC(=O)CCC.[Na+]. The molecule has 22 heavy (non-hydrogen) atoms. The third kappa shape index (κ3) is 18.5. The Hall–Kier alpha value is 0.470. The molecule has 0 N–H and O–H groups in total. The maximum Gasteiger partial charge on any atom is 1.00 e. The van der Waals surface area contributed by atoms with Crippen LogP contribution in [0.25, 0.3) is 0 Å². The molecule has 3 heteroatoms. The molecule has 0 saturated heterocycles. The number of esters is 1. The Balaban J connectivity index is 0. The summed E-state index contributed by atoms with van der Waals surface area (Å²) in [6.45, 7) is 7.89. The van der Waals surface area contributed by atoms with Crippen LogP contribution >= 0.6 is 0 Å². The molecule has 0 rings (SSSR count). The minimum absolute atomic E-state index is 0. The van der Waals surface area contributed by atoms with E-state index in [0.717, 1.165) is 19.3 Å². The van der Waals surface area contributed by atoms with E-state index in [1.54, 1.807) is 0 Å². The number of ether oxygens (including phenoxy) is 1. The normalized spacial score (nSPS) is 11.8. The van der Waals surface area contributed by atoms with E-state index in [2.05, 4.69) is 6.92 Å². The number of carbonyl (C=O) groups is 1. The topological polar surface area (TPSA) is 26.3 Å². The van der Waals surface area contributed by atoms with Crippen LogP contribution in [0.2, 0.25) is 0 Å². The van der Waals surface area contributed by atoms with Gasteiger partial charge in [0.15, 0.2) is 0 Å². The molecule has 0 aliphatic rings. The molecule has 1 unspecified atom stereocenters. The van der Waals surface area contributed by atoms with Crippen LogP contribution in [0.3, 0.4) is 0 Å². The first-order chi connectivity index (χ1) is 10.2. The number of hydrogen-bond donors (Lipinski definition) is 0. The number of carbonyl (C=O) groups excluding carboxylic acids is 1. The van der Waals surface area contributed by atoms with Crippen molar-refractivity contribution in [3.8, 4) is 0 Å². The molecule has 0 spiro atoms. The van der Waals surface area contributed by atoms with Crippen LogP contribution < -0.4 is 29.6 Å². The third-order valence-corrected chi connectivity index (χ3v) is 3.90. The third-order valence-electron chi connectivity index (χ3n) is 3.90. The Morgan fingerprint density at radius 3 is 1.82 bits per heavy atom. The maximum absolute atomic E-state index is 11.3. The van der Waals surface area contributed by atoms with Gasteiger partial charge in [0.2, 0.25) is 0 Å². The van der Waals surface area contributed by atoms with Crippen LogP contribution in [0, 0.1) is 6.92 Å². The summed E-state index contributed by atoms with van der Waals surface area (Å²) >= 11 is 0. The van der Waals surface area contributed by atoms with Gasteiger partial charge in [0.05, 0.1) is 6.10 Å². The quantitative estimate of drug-likeness (QED) is 0.200. The van der Waals surface area contributed by atoms with E-state index in [4.69, 9.17) is 4.74 Å². The molecule has 0 aromatic rings. The van der Waals surface area contributed by atoms with E-state index < -0.39 is 0 Å². The van der Waals surface area contributed by atoms with Crippen LogP contribution in [-0.4, -0.2) is 12.1 Å². The molecule has 0 radical (unpaired) electrons. The first-order valence-electron chi connectivity index (χ1n) is 9.19. The van der Waals surface area contributed by atoms with E-state index in [-0.39, 0.29) is 41.6 Å². The Labute approximate surface area is 161 Å². The molecule has 0 aromatic carbocycles. The number of unbranched alkanes of at least 4 members (excludes halogenated alkanes) is 10. The fraction of sp³-hybridized carbons (Fsp3) is 0.895. The molecule has 1 atom stereocenters. The summed E-state index contributed by atoms with van der Waals surface area (Å²) < 4.78 is 5.34. The van der Waals surface area contributed by atoms with Crippen LogP contribution in [0.15, 0.2) is 0 Å². The average molecular weight is 320 g/mol. The standard InChI is InChI=1S/C19H37O2.Na/c1-4-6-7-8-9-10-11-12-13-14-15-17-18(3)21-19(20)16-5-2;/h18H,1,4-17H2,2-3H3;/q-1;+1. The summed E-state index contributed by atoms with van der Waals surface area (Å²) in [6.07, 6.45) is 17.0. The van der Waals surface area contributed by atoms with E-state index >= 15 is 0 Å². The van der Waals surface area contributed by atoms with Crippen molar-refractivity contribution >= 4 is 5.97 Å². The molecule has 0 aliphatic heterocycles. The zero-order valence-corrected chi connectivity index (χ0v) is 17.5. The average Bonchev–Trinajstić information content (AvgIpc) is 2.45. The predicted molar refractivity (Wildman–Crippen MR) is 91.2 cm³/mol. The van der Waals surface area contributed by atoms with E-state index in [1.165, 1.54) is 64.2 Å². The zero-order chi connectivity index (χ0) is 15.8. The summed E-state index contributed by atoms with van der Waals surface area (Å²) in [5.41, 5.74) is 0. The predicted octanol–water partition coefficient (Wildman–Crippen LogP) is 3.24. The molecule has 0 saturated carbocycles. The van der Waals surface area contributed by atoms with Crippen LogP contribution in [0.5, 0.6) is 0 Å². The van der Waals surface area contributed by atoms with Gasteiger partial charge in [0.25, 0.3) is 0 Å². The smallest absolute Gasteiger partial charge is 0.463 e. The van der Waals surface area contributed by atoms with Gasteiger partial charge in [0.1, 0.15) is 0 Å². The second-order valence-electron chi connectivity index (χ2n) is 6.23. The molecule has 0 aliphatic carbocycles. The van der Waals surface area contributed by atoms with Gasteiger partial charge in [-0.15, -0.1) is 0 Å². The summed E-state index contributed by atoms with van der Waals surface area (Å²) in [6, 6.07) is 0. The van der Waals surface area contributed by atoms with Gasteiger partial charge in [-0.2, -0.15) is 6.42 Å². The van der Waals surface area contributed by atoms with Crippen molar-refractivity contribution in [2.24, 2.45) is 0 Å². The van der Waals surface area contributed by atoms with Gasteiger partial charge in [-0.05, 0) is 26.2 Å². The van der Waals surface area contributed by atoms with E-state index in [9.17, 15) is 4.79 Å². The molecule has 0 bridgehead atoms. The van der Waals surface area contributed by atoms with Gasteiger partial charge >= 0.3 is 35.5 Å². The van der Waals surface area contributed by atoms with Crippen LogP contribution in [-0.2, 0) is 9.53 Å². The monoisotopic (exact) mass is 320 g/mol. The fourth-order valence-electron chi connectivity index (χ4n) is 2.57. The molecule has 126 valence electrons. The number of hydrogen-bond acceptors (Lipinski definition) is 2. The Kier molecular flexibility index (Phi) is 21.9. The minimum atomic E-state index is -0.0381. The number of rotatable bonds is 15. The molecule has 0 aromatic heterocycles. The first-order valence-corrected chi connectivity index (χ1v) is 9.19. The second-order valence-corrected chi connectivity index (χ2v) is 6.23. The van der Waals surface area contributed by atoms with Crippen molar-refractivity contribution in [1.82, 2.24) is 0 Å². The summed E-state index contributed by atoms with van der Waals surface area (Å²) in [5.74, 6) is -0.0381. The van der Waals surface area contributed by atoms with Gasteiger partial charge in [-0.25, -0.2) is 0 Å². The van der Waals surface area contributed by atoms with Gasteiger partial charge in [0, 0.05) is 6.42 Å². The van der Waals surface area contributed by atoms with Crippen molar-refractivity contribution in [2.45, 2.75) is 110 Å². The van der Waals surface area contributed by atoms with E-state index in [0.29, 0.717) is 6.42 Å². The zero-order valence-electron chi connectivity index (χ0n) is 15.5. The molecular weight excluding hydrogens is 283 g/mol. The summed E-state index contributed by atoms with van der Waals surface area (Å²) in [7, 11) is 0. The molecule has 0 fully saturated rings. The van der Waals surface area contributed by atoms with Gasteiger partial charge in [-0.1, -0.05) is 64.7 Å². The van der Waals surface area contributed by atoms with Crippen molar-refractivity contribution in [3.05, 3.63) is 6.92 Å². The summed E-state index contributed by atoms with van der Waals surface area (Å²) in [4.78, 5) is 11.3. The van der Waals surface area contributed by atoms with Crippen LogP contribution in [0.4, 0.5) is 0 Å². The van der Waals surface area contributed by atoms with Crippen LogP contribution in [0.1, 0.15) is 104 Å². The molecule has 0 amide bonds. The second kappa shape index (κ2) is 19.5. The molecular formula is C19H37NaO2. The largest absolute Gasteiger partial charge is 1.00 e. The first kappa shape index (κ1) is 24.7. The Morgan fingerprint density at radius 2 is 1.36 bits per heavy atom. The maximum atomic E-state index is 11.3. The molecule has 0 heterocycles. The van der Waals surface area contributed by atoms with Crippen molar-refractivity contribution in [1.29, 1.82) is 0 Å². The Morgan fingerprint density at radius 1 is 0.909 bits per heavy atom. The van der Waals surface area contributed by atoms with Crippen molar-refractivity contribution in [2.75, 3.05) is 0 Å². The van der Waals surface area contributed by atoms with Gasteiger partial charge in [-0.3, -0.25) is 4.79 Å². The molecule has 2 nitrogen and oxygen atoms in total. The van der Waals surface area contributed by atoms with Gasteiger partial charge < -0.3 is 11.7 Å². The van der Waals surface area contributed by atoms with Crippen molar-refractivity contribution in [3.63, 3.8) is 0 Å². The summed E-state index contributed by atoms with van der Waals surface area (Å²) in [5, 5.41) is 0. The Bertz CT molecular complexity index is 231. The van der Waals surface area contributed by atoms with Crippen molar-refractivity contribution < 1.29 is 39.1 Å². The fourth-order valence-corrected chi connectivity index (χ4v) is 2.57. The van der Waals surface area contributed by atoms with E-state index in [1.807, 2.05) is 13.8 Å². The minimum Gasteiger partial charge on any atom is -0.463 e.